The van der Waals surface area contributed by atoms with Gasteiger partial charge in [-0.2, -0.15) is 0 Å². The van der Waals surface area contributed by atoms with E-state index in [1.54, 1.807) is 0 Å². The molecule has 0 bridgehead atoms. The van der Waals surface area contributed by atoms with Gasteiger partial charge < -0.3 is 5.11 Å². The molecule has 1 saturated heterocycles. The number of nitrogens with zero attached hydrogens (tertiary/aromatic N) is 1. The molecule has 3 nitrogen and oxygen atoms in total. The van der Waals surface area contributed by atoms with E-state index >= 15 is 0 Å². The first-order valence-electron chi connectivity index (χ1n) is 6.66. The average Bonchev–Trinajstić information content (AvgIpc) is 2.39. The third kappa shape index (κ3) is 3.00. The molecule has 0 spiro atoms. The molecule has 0 aliphatic carbocycles. The van der Waals surface area contributed by atoms with Crippen LogP contribution in [-0.2, 0) is 4.79 Å². The third-order valence-corrected chi connectivity index (χ3v) is 5.04. The van der Waals surface area contributed by atoms with Crippen LogP contribution in [0.4, 0.5) is 0 Å². The number of carboxylic acid groups (broad SMARTS) is 1. The fraction of sp³-hybridized carbons (Fsp3) is 0.533. The summed E-state index contributed by atoms with van der Waals surface area (Å²) in [6.45, 7) is 5.72. The number of hydrogen-bond acceptors (Lipinski definition) is 2. The van der Waals surface area contributed by atoms with Gasteiger partial charge in [-0.15, -0.1) is 0 Å². The quantitative estimate of drug-likeness (QED) is 0.921. The van der Waals surface area contributed by atoms with Gasteiger partial charge in [-0.25, -0.2) is 0 Å². The van der Waals surface area contributed by atoms with Crippen LogP contribution >= 0.6 is 15.9 Å². The second-order valence-corrected chi connectivity index (χ2v) is 6.45. The Morgan fingerprint density at radius 2 is 1.95 bits per heavy atom. The van der Waals surface area contributed by atoms with Gasteiger partial charge in [0.15, 0.2) is 0 Å². The highest BCUT2D eigenvalue weighted by atomic mass is 79.9. The van der Waals surface area contributed by atoms with E-state index in [4.69, 9.17) is 0 Å². The monoisotopic (exact) mass is 325 g/mol. The Bertz CT molecular complexity index is 467. The summed E-state index contributed by atoms with van der Waals surface area (Å²) in [5, 5.41) is 9.26. The zero-order valence-electron chi connectivity index (χ0n) is 11.4. The fourth-order valence-corrected chi connectivity index (χ4v) is 3.25. The Morgan fingerprint density at radius 3 is 2.47 bits per heavy atom. The summed E-state index contributed by atoms with van der Waals surface area (Å²) in [5.74, 6) is -0.666. The van der Waals surface area contributed by atoms with Crippen LogP contribution in [-0.4, -0.2) is 29.1 Å². The molecule has 104 valence electrons. The molecule has 4 heteroatoms. The molecule has 1 atom stereocenters. The van der Waals surface area contributed by atoms with Crippen LogP contribution in [0.15, 0.2) is 28.7 Å². The van der Waals surface area contributed by atoms with Crippen molar-refractivity contribution in [3.05, 3.63) is 34.3 Å². The highest BCUT2D eigenvalue weighted by molar-refractivity contribution is 9.10. The van der Waals surface area contributed by atoms with Crippen LogP contribution in [0.25, 0.3) is 0 Å². The SMILES string of the molecule is CC(c1ccccc1Br)N1CCC(C)(C(=O)O)CC1. The van der Waals surface area contributed by atoms with Crippen LogP contribution < -0.4 is 0 Å². The number of halogens is 1. The Morgan fingerprint density at radius 1 is 1.37 bits per heavy atom. The number of hydrogen-bond donors (Lipinski definition) is 1. The molecule has 1 aliphatic heterocycles. The molecule has 1 aromatic rings. The third-order valence-electron chi connectivity index (χ3n) is 4.32. The molecule has 1 fully saturated rings. The van der Waals surface area contributed by atoms with Crippen molar-refractivity contribution in [2.75, 3.05) is 13.1 Å². The number of carboxylic acids is 1. The van der Waals surface area contributed by atoms with Crippen LogP contribution in [0.1, 0.15) is 38.3 Å². The minimum Gasteiger partial charge on any atom is -0.481 e. The zero-order valence-corrected chi connectivity index (χ0v) is 13.0. The van der Waals surface area contributed by atoms with Gasteiger partial charge in [-0.1, -0.05) is 34.1 Å². The van der Waals surface area contributed by atoms with Gasteiger partial charge in [0.1, 0.15) is 0 Å². The summed E-state index contributed by atoms with van der Waals surface area (Å²) in [4.78, 5) is 13.6. The summed E-state index contributed by atoms with van der Waals surface area (Å²) in [6.07, 6.45) is 1.44. The van der Waals surface area contributed by atoms with Crippen LogP contribution in [0.5, 0.6) is 0 Å². The van der Waals surface area contributed by atoms with Crippen molar-refractivity contribution in [1.29, 1.82) is 0 Å². The van der Waals surface area contributed by atoms with Crippen molar-refractivity contribution in [1.82, 2.24) is 4.90 Å². The van der Waals surface area contributed by atoms with E-state index in [2.05, 4.69) is 39.9 Å². The normalized spacial score (nSPS) is 21.0. The van der Waals surface area contributed by atoms with Crippen molar-refractivity contribution < 1.29 is 9.90 Å². The van der Waals surface area contributed by atoms with Crippen LogP contribution in [0, 0.1) is 5.41 Å². The molecule has 1 unspecified atom stereocenters. The average molecular weight is 326 g/mol. The molecule has 0 saturated carbocycles. The lowest BCUT2D eigenvalue weighted by Gasteiger charge is -2.39. The van der Waals surface area contributed by atoms with Gasteiger partial charge in [0, 0.05) is 10.5 Å². The summed E-state index contributed by atoms with van der Waals surface area (Å²) in [5.41, 5.74) is 0.714. The maximum Gasteiger partial charge on any atom is 0.309 e. The molecule has 19 heavy (non-hydrogen) atoms. The zero-order chi connectivity index (χ0) is 14.0. The first-order chi connectivity index (χ1) is 8.94. The van der Waals surface area contributed by atoms with Gasteiger partial charge in [0.25, 0.3) is 0 Å². The lowest BCUT2D eigenvalue weighted by atomic mass is 9.80. The molecule has 0 amide bonds. The molecule has 0 aromatic heterocycles. The molecule has 2 rings (SSSR count). The molecule has 0 radical (unpaired) electrons. The fourth-order valence-electron chi connectivity index (χ4n) is 2.63. The van der Waals surface area contributed by atoms with Crippen LogP contribution in [0.3, 0.4) is 0 Å². The number of piperidine rings is 1. The first kappa shape index (κ1) is 14.5. The van der Waals surface area contributed by atoms with Gasteiger partial charge in [-0.05, 0) is 51.4 Å². The Kier molecular flexibility index (Phi) is 4.31. The van der Waals surface area contributed by atoms with Crippen molar-refractivity contribution >= 4 is 21.9 Å². The molecule has 1 heterocycles. The maximum atomic E-state index is 11.3. The number of likely N-dealkylation sites (tertiary alicyclic amines) is 1. The second kappa shape index (κ2) is 5.63. The van der Waals surface area contributed by atoms with Gasteiger partial charge >= 0.3 is 5.97 Å². The van der Waals surface area contributed by atoms with Crippen molar-refractivity contribution in [3.63, 3.8) is 0 Å². The van der Waals surface area contributed by atoms with Crippen molar-refractivity contribution in [2.45, 2.75) is 32.7 Å². The second-order valence-electron chi connectivity index (χ2n) is 5.60. The van der Waals surface area contributed by atoms with Crippen LogP contribution in [0.2, 0.25) is 0 Å². The molecular weight excluding hydrogens is 306 g/mol. The maximum absolute atomic E-state index is 11.3. The summed E-state index contributed by atoms with van der Waals surface area (Å²) < 4.78 is 1.12. The molecular formula is C15H20BrNO2. The minimum atomic E-state index is -0.666. The predicted octanol–water partition coefficient (Wildman–Crippen LogP) is 3.70. The number of rotatable bonds is 3. The van der Waals surface area contributed by atoms with Gasteiger partial charge in [0.2, 0.25) is 0 Å². The molecule has 1 aromatic carbocycles. The highest BCUT2D eigenvalue weighted by Gasteiger charge is 2.38. The van der Waals surface area contributed by atoms with Crippen molar-refractivity contribution in [3.8, 4) is 0 Å². The first-order valence-corrected chi connectivity index (χ1v) is 7.45. The Hall–Kier alpha value is -0.870. The van der Waals surface area contributed by atoms with E-state index in [-0.39, 0.29) is 0 Å². The smallest absolute Gasteiger partial charge is 0.309 e. The Labute approximate surface area is 122 Å². The predicted molar refractivity (Wildman–Crippen MR) is 79.1 cm³/mol. The lowest BCUT2D eigenvalue weighted by Crippen LogP contribution is -2.43. The van der Waals surface area contributed by atoms with Gasteiger partial charge in [0.05, 0.1) is 5.41 Å². The largest absolute Gasteiger partial charge is 0.481 e. The van der Waals surface area contributed by atoms with E-state index in [0.29, 0.717) is 6.04 Å². The topological polar surface area (TPSA) is 40.5 Å². The minimum absolute atomic E-state index is 0.314. The van der Waals surface area contributed by atoms with E-state index in [1.165, 1.54) is 5.56 Å². The molecule has 1 aliphatic rings. The summed E-state index contributed by atoms with van der Waals surface area (Å²) >= 11 is 3.59. The van der Waals surface area contributed by atoms with Gasteiger partial charge in [-0.3, -0.25) is 9.69 Å². The molecule has 1 N–H and O–H groups in total. The number of carbonyl (C=O) groups is 1. The van der Waals surface area contributed by atoms with E-state index in [9.17, 15) is 9.90 Å². The lowest BCUT2D eigenvalue weighted by molar-refractivity contribution is -0.151. The van der Waals surface area contributed by atoms with E-state index in [0.717, 1.165) is 30.4 Å². The number of benzene rings is 1. The Balaban J connectivity index is 2.06. The van der Waals surface area contributed by atoms with E-state index < -0.39 is 11.4 Å². The van der Waals surface area contributed by atoms with E-state index in [1.807, 2.05) is 19.1 Å². The summed E-state index contributed by atoms with van der Waals surface area (Å²) in [7, 11) is 0. The van der Waals surface area contributed by atoms with Crippen molar-refractivity contribution in [2.24, 2.45) is 5.41 Å². The number of aliphatic carboxylic acids is 1. The summed E-state index contributed by atoms with van der Waals surface area (Å²) in [6, 6.07) is 8.55. The highest BCUT2D eigenvalue weighted by Crippen LogP contribution is 2.36. The standard InChI is InChI=1S/C15H20BrNO2/c1-11(12-5-3-4-6-13(12)16)17-9-7-15(2,8-10-17)14(18)19/h3-6,11H,7-10H2,1-2H3,(H,18,19).